The van der Waals surface area contributed by atoms with Crippen LogP contribution in [-0.4, -0.2) is 31.0 Å². The number of primary amides is 1. The number of nitrogens with two attached hydrogens (primary N) is 1. The molecule has 0 aromatic heterocycles. The number of aliphatic imine (C=N–C) groups is 1. The zero-order chi connectivity index (χ0) is 16.5. The van der Waals surface area contributed by atoms with Crippen molar-refractivity contribution in [1.29, 1.82) is 0 Å². The van der Waals surface area contributed by atoms with Crippen LogP contribution < -0.4 is 16.4 Å². The molecule has 0 rings (SSSR count). The Hall–Kier alpha value is -0.530. The number of carbonyl (C=O) groups is 1. The van der Waals surface area contributed by atoms with Crippen molar-refractivity contribution >= 4 is 35.8 Å². The minimum absolute atomic E-state index is 0. The van der Waals surface area contributed by atoms with E-state index < -0.39 is 5.41 Å². The van der Waals surface area contributed by atoms with Gasteiger partial charge in [0, 0.05) is 12.6 Å². The van der Waals surface area contributed by atoms with Crippen molar-refractivity contribution in [3.63, 3.8) is 0 Å². The van der Waals surface area contributed by atoms with E-state index in [1.807, 2.05) is 20.8 Å². The van der Waals surface area contributed by atoms with Crippen LogP contribution in [0.3, 0.4) is 0 Å². The van der Waals surface area contributed by atoms with Crippen molar-refractivity contribution in [2.75, 3.05) is 13.1 Å². The van der Waals surface area contributed by atoms with Crippen LogP contribution in [0.2, 0.25) is 0 Å². The predicted octanol–water partition coefficient (Wildman–Crippen LogP) is 2.89. The fraction of sp³-hybridized carbons (Fsp3) is 0.875. The van der Waals surface area contributed by atoms with Gasteiger partial charge in [-0.15, -0.1) is 24.0 Å². The third-order valence-corrected chi connectivity index (χ3v) is 3.45. The van der Waals surface area contributed by atoms with Crippen molar-refractivity contribution < 1.29 is 4.79 Å². The number of hydrogen-bond donors (Lipinski definition) is 3. The molecule has 6 heteroatoms. The Balaban J connectivity index is 0. The van der Waals surface area contributed by atoms with E-state index >= 15 is 0 Å². The number of guanidine groups is 1. The predicted molar refractivity (Wildman–Crippen MR) is 106 cm³/mol. The largest absolute Gasteiger partial charge is 0.369 e. The van der Waals surface area contributed by atoms with Crippen LogP contribution in [-0.2, 0) is 4.79 Å². The summed E-state index contributed by atoms with van der Waals surface area (Å²) in [5.74, 6) is 1.17. The molecule has 1 unspecified atom stereocenters. The fourth-order valence-electron chi connectivity index (χ4n) is 1.81. The van der Waals surface area contributed by atoms with Crippen LogP contribution >= 0.6 is 24.0 Å². The number of nitrogens with one attached hydrogen (secondary N) is 2. The smallest absolute Gasteiger partial charge is 0.224 e. The minimum atomic E-state index is -0.622. The van der Waals surface area contributed by atoms with Gasteiger partial charge in [0.25, 0.3) is 0 Å². The summed E-state index contributed by atoms with van der Waals surface area (Å²) < 4.78 is 0. The van der Waals surface area contributed by atoms with Gasteiger partial charge in [-0.3, -0.25) is 9.79 Å². The maximum atomic E-state index is 11.3. The van der Waals surface area contributed by atoms with E-state index in [1.165, 1.54) is 12.8 Å². The molecule has 22 heavy (non-hydrogen) atoms. The van der Waals surface area contributed by atoms with E-state index in [0.717, 1.165) is 24.8 Å². The van der Waals surface area contributed by atoms with Gasteiger partial charge >= 0.3 is 0 Å². The first-order valence-electron chi connectivity index (χ1n) is 8.03. The van der Waals surface area contributed by atoms with Gasteiger partial charge in [-0.1, -0.05) is 26.7 Å². The van der Waals surface area contributed by atoms with Gasteiger partial charge in [0.2, 0.25) is 5.91 Å². The van der Waals surface area contributed by atoms with Gasteiger partial charge in [0.05, 0.1) is 12.0 Å². The first kappa shape index (κ1) is 23.7. The van der Waals surface area contributed by atoms with E-state index in [-0.39, 0.29) is 29.9 Å². The number of nitrogens with zero attached hydrogens (tertiary/aromatic N) is 1. The highest BCUT2D eigenvalue weighted by Gasteiger charge is 2.24. The SMILES string of the molecule is CCNC(=NCC(C)(C)C(N)=O)NC(C)CCCC(C)C.I. The van der Waals surface area contributed by atoms with Gasteiger partial charge < -0.3 is 16.4 Å². The third-order valence-electron chi connectivity index (χ3n) is 3.45. The monoisotopic (exact) mass is 426 g/mol. The van der Waals surface area contributed by atoms with Crippen molar-refractivity contribution in [2.45, 2.75) is 66.8 Å². The number of carbonyl (C=O) groups excluding carboxylic acids is 1. The Morgan fingerprint density at radius 1 is 1.23 bits per heavy atom. The Morgan fingerprint density at radius 3 is 2.27 bits per heavy atom. The fourth-order valence-corrected chi connectivity index (χ4v) is 1.81. The lowest BCUT2D eigenvalue weighted by molar-refractivity contribution is -0.125. The second kappa shape index (κ2) is 12.0. The lowest BCUT2D eigenvalue weighted by Crippen LogP contribution is -2.43. The molecule has 1 amide bonds. The topological polar surface area (TPSA) is 79.5 Å². The first-order chi connectivity index (χ1) is 9.69. The Kier molecular flexibility index (Phi) is 12.9. The maximum absolute atomic E-state index is 11.3. The molecule has 4 N–H and O–H groups in total. The van der Waals surface area contributed by atoms with E-state index in [2.05, 4.69) is 36.4 Å². The van der Waals surface area contributed by atoms with Crippen molar-refractivity contribution in [1.82, 2.24) is 10.6 Å². The van der Waals surface area contributed by atoms with E-state index in [1.54, 1.807) is 0 Å². The summed E-state index contributed by atoms with van der Waals surface area (Å²) in [4.78, 5) is 15.8. The standard InChI is InChI=1S/C16H34N4O.HI/c1-7-18-15(19-11-16(5,6)14(17)21)20-13(4)10-8-9-12(2)3;/h12-13H,7-11H2,1-6H3,(H2,17,21)(H2,18,19,20);1H. The van der Waals surface area contributed by atoms with Gasteiger partial charge in [0.15, 0.2) is 5.96 Å². The molecule has 0 aromatic carbocycles. The molecular formula is C16H35IN4O. The number of amides is 1. The lowest BCUT2D eigenvalue weighted by Gasteiger charge is -2.21. The average molecular weight is 426 g/mol. The highest BCUT2D eigenvalue weighted by molar-refractivity contribution is 14.0. The highest BCUT2D eigenvalue weighted by Crippen LogP contribution is 2.14. The first-order valence-corrected chi connectivity index (χ1v) is 8.03. The molecule has 0 saturated heterocycles. The molecule has 0 heterocycles. The molecule has 0 aliphatic heterocycles. The van der Waals surface area contributed by atoms with Gasteiger partial charge in [0.1, 0.15) is 0 Å². The molecule has 0 radical (unpaired) electrons. The van der Waals surface area contributed by atoms with Crippen LogP contribution in [0.1, 0.15) is 60.8 Å². The van der Waals surface area contributed by atoms with Gasteiger partial charge in [-0.05, 0) is 40.0 Å². The van der Waals surface area contributed by atoms with Crippen molar-refractivity contribution in [3.8, 4) is 0 Å². The Morgan fingerprint density at radius 2 is 1.82 bits per heavy atom. The molecule has 0 fully saturated rings. The summed E-state index contributed by atoms with van der Waals surface area (Å²) in [7, 11) is 0. The molecule has 0 aromatic rings. The normalized spacial score (nSPS) is 13.5. The van der Waals surface area contributed by atoms with Crippen LogP contribution in [0.4, 0.5) is 0 Å². The maximum Gasteiger partial charge on any atom is 0.224 e. The quantitative estimate of drug-likeness (QED) is 0.301. The number of hydrogen-bond acceptors (Lipinski definition) is 2. The summed E-state index contributed by atoms with van der Waals surface area (Å²) in [6.07, 6.45) is 3.56. The summed E-state index contributed by atoms with van der Waals surface area (Å²) in [6, 6.07) is 0.359. The summed E-state index contributed by atoms with van der Waals surface area (Å²) in [6.45, 7) is 13.5. The zero-order valence-corrected chi connectivity index (χ0v) is 17.4. The summed E-state index contributed by atoms with van der Waals surface area (Å²) >= 11 is 0. The molecule has 0 aliphatic rings. The Bertz CT molecular complexity index is 343. The van der Waals surface area contributed by atoms with E-state index in [4.69, 9.17) is 5.73 Å². The number of rotatable bonds is 9. The van der Waals surface area contributed by atoms with Crippen LogP contribution in [0.25, 0.3) is 0 Å². The van der Waals surface area contributed by atoms with Crippen LogP contribution in [0.15, 0.2) is 4.99 Å². The third kappa shape index (κ3) is 11.1. The second-order valence-electron chi connectivity index (χ2n) is 6.81. The summed E-state index contributed by atoms with van der Waals surface area (Å²) in [5, 5.41) is 6.60. The molecule has 0 aliphatic carbocycles. The van der Waals surface area contributed by atoms with Crippen molar-refractivity contribution in [2.24, 2.45) is 22.1 Å². The Labute approximate surface area is 153 Å². The molecule has 0 bridgehead atoms. The molecule has 5 nitrogen and oxygen atoms in total. The summed E-state index contributed by atoms with van der Waals surface area (Å²) in [5.41, 5.74) is 4.75. The van der Waals surface area contributed by atoms with E-state index in [9.17, 15) is 4.79 Å². The molecule has 132 valence electrons. The van der Waals surface area contributed by atoms with Gasteiger partial charge in [-0.25, -0.2) is 0 Å². The minimum Gasteiger partial charge on any atom is -0.369 e. The molecular weight excluding hydrogens is 391 g/mol. The van der Waals surface area contributed by atoms with E-state index in [0.29, 0.717) is 12.6 Å². The second-order valence-corrected chi connectivity index (χ2v) is 6.81. The molecule has 0 spiro atoms. The van der Waals surface area contributed by atoms with Crippen LogP contribution in [0, 0.1) is 11.3 Å². The van der Waals surface area contributed by atoms with Crippen molar-refractivity contribution in [3.05, 3.63) is 0 Å². The zero-order valence-electron chi connectivity index (χ0n) is 15.0. The highest BCUT2D eigenvalue weighted by atomic mass is 127. The lowest BCUT2D eigenvalue weighted by atomic mass is 9.93. The molecule has 1 atom stereocenters. The number of halogens is 1. The molecule has 0 saturated carbocycles. The van der Waals surface area contributed by atoms with Crippen LogP contribution in [0.5, 0.6) is 0 Å². The average Bonchev–Trinajstić information content (AvgIpc) is 2.35. The van der Waals surface area contributed by atoms with Gasteiger partial charge in [-0.2, -0.15) is 0 Å².